The Bertz CT molecular complexity index is 1170. The van der Waals surface area contributed by atoms with Crippen molar-refractivity contribution in [2.75, 3.05) is 12.4 Å². The van der Waals surface area contributed by atoms with Gasteiger partial charge in [-0.1, -0.05) is 45.4 Å². The first-order valence-corrected chi connectivity index (χ1v) is 12.4. The maximum atomic E-state index is 9.69. The van der Waals surface area contributed by atoms with E-state index in [1.165, 1.54) is 19.3 Å². The molecule has 0 aliphatic heterocycles. The zero-order valence-electron chi connectivity index (χ0n) is 21.7. The minimum Gasteiger partial charge on any atom is -0.493 e. The number of aromatic nitrogens is 2. The summed E-state index contributed by atoms with van der Waals surface area (Å²) in [5, 5.41) is 14.1. The second kappa shape index (κ2) is 14.4. The molecule has 3 aromatic rings. The van der Waals surface area contributed by atoms with Gasteiger partial charge in [-0.05, 0) is 61.6 Å². The molecule has 7 nitrogen and oxygen atoms in total. The van der Waals surface area contributed by atoms with Crippen molar-refractivity contribution < 1.29 is 19.4 Å². The highest BCUT2D eigenvalue weighted by Gasteiger charge is 2.17. The molecule has 0 aliphatic carbocycles. The molecule has 0 spiro atoms. The van der Waals surface area contributed by atoms with Crippen LogP contribution in [0.5, 0.6) is 11.5 Å². The van der Waals surface area contributed by atoms with Crippen LogP contribution in [0, 0.1) is 5.92 Å². The molecule has 2 aromatic carbocycles. The molecule has 8 heteroatoms. The zero-order chi connectivity index (χ0) is 26.7. The topological polar surface area (TPSA) is 93.6 Å². The van der Waals surface area contributed by atoms with E-state index in [0.717, 1.165) is 35.9 Å². The molecule has 2 N–H and O–H groups in total. The molecule has 1 aromatic heterocycles. The van der Waals surface area contributed by atoms with Crippen molar-refractivity contribution in [3.05, 3.63) is 59.9 Å². The molecular weight excluding hydrogens is 478 g/mol. The van der Waals surface area contributed by atoms with Crippen LogP contribution in [0.2, 0.25) is 5.02 Å². The Kier molecular flexibility index (Phi) is 11.6. The number of fused-ring (bicyclic) bond motifs is 1. The number of ether oxygens (including phenoxy) is 2. The van der Waals surface area contributed by atoms with Crippen molar-refractivity contribution >= 4 is 39.8 Å². The van der Waals surface area contributed by atoms with Gasteiger partial charge in [-0.3, -0.25) is 4.79 Å². The number of allylic oxidation sites excluding steroid dienone is 1. The number of methoxy groups -OCH3 is 1. The lowest BCUT2D eigenvalue weighted by atomic mass is 9.99. The van der Waals surface area contributed by atoms with Gasteiger partial charge < -0.3 is 19.9 Å². The van der Waals surface area contributed by atoms with Crippen molar-refractivity contribution in [2.24, 2.45) is 5.92 Å². The van der Waals surface area contributed by atoms with Crippen LogP contribution < -0.4 is 14.8 Å². The highest BCUT2D eigenvalue weighted by Crippen LogP contribution is 2.36. The number of nitrogens with zero attached hydrogens (tertiary/aromatic N) is 2. The maximum absolute atomic E-state index is 9.69. The van der Waals surface area contributed by atoms with Crippen molar-refractivity contribution in [1.82, 2.24) is 9.97 Å². The molecule has 0 aliphatic rings. The average molecular weight is 514 g/mol. The lowest BCUT2D eigenvalue weighted by Gasteiger charge is -2.22. The van der Waals surface area contributed by atoms with Gasteiger partial charge in [0.25, 0.3) is 0 Å². The Morgan fingerprint density at radius 3 is 2.50 bits per heavy atom. The molecule has 0 saturated heterocycles. The molecule has 1 heterocycles. The number of benzene rings is 2. The van der Waals surface area contributed by atoms with E-state index in [4.69, 9.17) is 21.1 Å². The van der Waals surface area contributed by atoms with Crippen molar-refractivity contribution in [2.45, 2.75) is 59.7 Å². The van der Waals surface area contributed by atoms with E-state index in [2.05, 4.69) is 42.6 Å². The Morgan fingerprint density at radius 2 is 1.92 bits per heavy atom. The lowest BCUT2D eigenvalue weighted by Crippen LogP contribution is -2.19. The van der Waals surface area contributed by atoms with E-state index >= 15 is 0 Å². The van der Waals surface area contributed by atoms with E-state index in [0.29, 0.717) is 33.8 Å². The van der Waals surface area contributed by atoms with E-state index in [-0.39, 0.29) is 18.5 Å². The fraction of sp³-hybridized carbons (Fsp3) is 0.393. The summed E-state index contributed by atoms with van der Waals surface area (Å²) in [5.74, 6) is 2.57. The van der Waals surface area contributed by atoms with Gasteiger partial charge in [0.1, 0.15) is 12.1 Å². The van der Waals surface area contributed by atoms with Gasteiger partial charge in [-0.25, -0.2) is 9.97 Å². The molecular formula is C28H36ClN3O4. The number of halogens is 1. The maximum Gasteiger partial charge on any atom is 0.162 e. The smallest absolute Gasteiger partial charge is 0.162 e. The fourth-order valence-electron chi connectivity index (χ4n) is 3.42. The Labute approximate surface area is 218 Å². The Morgan fingerprint density at radius 1 is 1.19 bits per heavy atom. The third kappa shape index (κ3) is 8.21. The van der Waals surface area contributed by atoms with Gasteiger partial charge in [0.05, 0.1) is 25.3 Å². The fourth-order valence-corrected chi connectivity index (χ4v) is 3.60. The Hall–Kier alpha value is -3.16. The predicted molar refractivity (Wildman–Crippen MR) is 146 cm³/mol. The van der Waals surface area contributed by atoms with Crippen LogP contribution in [-0.4, -0.2) is 34.1 Å². The zero-order valence-corrected chi connectivity index (χ0v) is 22.4. The molecule has 2 atom stereocenters. The Balaban J connectivity index is 0.000000830. The second-order valence-corrected chi connectivity index (χ2v) is 8.95. The molecule has 0 radical (unpaired) electrons. The highest BCUT2D eigenvalue weighted by molar-refractivity contribution is 6.31. The molecule has 194 valence electrons. The summed E-state index contributed by atoms with van der Waals surface area (Å²) >= 11 is 6.11. The largest absolute Gasteiger partial charge is 0.493 e. The lowest BCUT2D eigenvalue weighted by molar-refractivity contribution is -0.112. The van der Waals surface area contributed by atoms with E-state index in [9.17, 15) is 9.90 Å². The normalized spacial score (nSPS) is 12.2. The van der Waals surface area contributed by atoms with E-state index in [1.807, 2.05) is 18.2 Å². The molecule has 36 heavy (non-hydrogen) atoms. The summed E-state index contributed by atoms with van der Waals surface area (Å²) in [5.41, 5.74) is 2.16. The van der Waals surface area contributed by atoms with Gasteiger partial charge in [-0.2, -0.15) is 0 Å². The summed E-state index contributed by atoms with van der Waals surface area (Å²) < 4.78 is 11.9. The van der Waals surface area contributed by atoms with Gasteiger partial charge in [0.15, 0.2) is 17.3 Å². The number of ketones is 1. The molecule has 3 rings (SSSR count). The van der Waals surface area contributed by atoms with Gasteiger partial charge >= 0.3 is 0 Å². The summed E-state index contributed by atoms with van der Waals surface area (Å²) in [6.45, 7) is 11.1. The monoisotopic (exact) mass is 513 g/mol. The molecule has 2 unspecified atom stereocenters. The first-order valence-electron chi connectivity index (χ1n) is 12.0. The first-order chi connectivity index (χ1) is 17.3. The number of aliphatic hydroxyl groups is 1. The third-order valence-electron chi connectivity index (χ3n) is 5.80. The van der Waals surface area contributed by atoms with Crippen molar-refractivity contribution in [1.29, 1.82) is 0 Å². The number of hydrogen-bond donors (Lipinski definition) is 2. The summed E-state index contributed by atoms with van der Waals surface area (Å²) in [7, 11) is 1.63. The van der Waals surface area contributed by atoms with Crippen LogP contribution in [0.3, 0.4) is 0 Å². The van der Waals surface area contributed by atoms with Crippen LogP contribution in [0.4, 0.5) is 11.5 Å². The van der Waals surface area contributed by atoms with E-state index < -0.39 is 0 Å². The highest BCUT2D eigenvalue weighted by atomic mass is 35.5. The minimum absolute atomic E-state index is 0.0185. The molecule has 0 amide bonds. The van der Waals surface area contributed by atoms with Gasteiger partial charge in [-0.15, -0.1) is 0 Å². The standard InChI is InChI=1S/C24H30ClN3O3.C4H6O/c1-5-15(3)9-18(6-2)31-23-11-19-21(12-22(23)30-4)26-14-27-24(19)28-17-7-8-20(25)16(10-17)13-29;1-3-4(2)5/h7-8,10-12,14-15,18,29H,5-6,9,13H2,1-4H3,(H,26,27,28);3H,1H2,2H3. The average Bonchev–Trinajstić information content (AvgIpc) is 2.89. The van der Waals surface area contributed by atoms with Crippen LogP contribution in [-0.2, 0) is 11.4 Å². The van der Waals surface area contributed by atoms with Gasteiger partial charge in [0, 0.05) is 22.2 Å². The quantitative estimate of drug-likeness (QED) is 0.270. The molecule has 0 saturated carbocycles. The third-order valence-corrected chi connectivity index (χ3v) is 6.17. The second-order valence-electron chi connectivity index (χ2n) is 8.54. The number of carbonyl (C=O) groups excluding carboxylic acids is 1. The number of rotatable bonds is 11. The van der Waals surface area contributed by atoms with Gasteiger partial charge in [0.2, 0.25) is 0 Å². The SMILES string of the molecule is C=CC(C)=O.CCC(C)CC(CC)Oc1cc2c(Nc3ccc(Cl)c(CO)c3)ncnc2cc1OC. The van der Waals surface area contributed by atoms with Crippen LogP contribution >= 0.6 is 11.6 Å². The van der Waals surface area contributed by atoms with E-state index in [1.54, 1.807) is 19.2 Å². The number of anilines is 2. The first kappa shape index (κ1) is 29.1. The van der Waals surface area contributed by atoms with Crippen LogP contribution in [0.15, 0.2) is 49.3 Å². The molecule has 0 fully saturated rings. The minimum atomic E-state index is -0.136. The number of nitrogens with one attached hydrogen (secondary N) is 1. The number of carbonyl (C=O) groups is 1. The summed E-state index contributed by atoms with van der Waals surface area (Å²) in [6, 6.07) is 9.19. The number of hydrogen-bond acceptors (Lipinski definition) is 7. The van der Waals surface area contributed by atoms with Crippen LogP contribution in [0.25, 0.3) is 10.9 Å². The van der Waals surface area contributed by atoms with Crippen LogP contribution in [0.1, 0.15) is 52.5 Å². The van der Waals surface area contributed by atoms with Crippen molar-refractivity contribution in [3.63, 3.8) is 0 Å². The summed E-state index contributed by atoms with van der Waals surface area (Å²) in [4.78, 5) is 18.5. The molecule has 0 bridgehead atoms. The van der Waals surface area contributed by atoms with Crippen molar-refractivity contribution in [3.8, 4) is 11.5 Å². The number of aliphatic hydroxyl groups excluding tert-OH is 1. The predicted octanol–water partition coefficient (Wildman–Crippen LogP) is 6.88. The summed E-state index contributed by atoms with van der Waals surface area (Å²) in [6.07, 6.45) is 5.90.